The lowest BCUT2D eigenvalue weighted by molar-refractivity contribution is 0.384. The minimum atomic E-state index is 0.989. The normalized spacial score (nSPS) is 14.9. The standard InChI is InChI=1S/C11H14N2/c1-12-11-7-9-5-3-4-6-10(9)8-13(11)2/h3-7,12H,8H2,1-2H3. The van der Waals surface area contributed by atoms with E-state index in [2.05, 4.69) is 47.6 Å². The maximum absolute atomic E-state index is 3.18. The summed E-state index contributed by atoms with van der Waals surface area (Å²) in [6.45, 7) is 0.989. The molecule has 1 aromatic rings. The van der Waals surface area contributed by atoms with E-state index in [1.165, 1.54) is 16.9 Å². The van der Waals surface area contributed by atoms with Crippen molar-refractivity contribution < 1.29 is 0 Å². The molecule has 13 heavy (non-hydrogen) atoms. The number of hydrogen-bond acceptors (Lipinski definition) is 2. The summed E-state index contributed by atoms with van der Waals surface area (Å²) in [7, 11) is 4.05. The van der Waals surface area contributed by atoms with E-state index in [1.807, 2.05) is 7.05 Å². The SMILES string of the molecule is CNC1=Cc2ccccc2CN1C. The monoisotopic (exact) mass is 174 g/mol. The van der Waals surface area contributed by atoms with Gasteiger partial charge in [-0.25, -0.2) is 0 Å². The van der Waals surface area contributed by atoms with Gasteiger partial charge in [-0.3, -0.25) is 0 Å². The predicted molar refractivity (Wildman–Crippen MR) is 54.9 cm³/mol. The molecule has 1 heterocycles. The first kappa shape index (κ1) is 8.17. The number of rotatable bonds is 1. The zero-order valence-corrected chi connectivity index (χ0v) is 8.04. The summed E-state index contributed by atoms with van der Waals surface area (Å²) < 4.78 is 0. The van der Waals surface area contributed by atoms with Crippen molar-refractivity contribution in [1.29, 1.82) is 0 Å². The predicted octanol–water partition coefficient (Wildman–Crippen LogP) is 1.65. The Morgan fingerprint density at radius 2 is 2.08 bits per heavy atom. The van der Waals surface area contributed by atoms with Gasteiger partial charge in [-0.15, -0.1) is 0 Å². The fourth-order valence-electron chi connectivity index (χ4n) is 1.68. The smallest absolute Gasteiger partial charge is 0.102 e. The van der Waals surface area contributed by atoms with Crippen molar-refractivity contribution >= 4 is 6.08 Å². The Balaban J connectivity index is 2.44. The van der Waals surface area contributed by atoms with E-state index in [0.29, 0.717) is 0 Å². The average Bonchev–Trinajstić information content (AvgIpc) is 2.17. The summed E-state index contributed by atoms with van der Waals surface area (Å²) in [4.78, 5) is 2.21. The van der Waals surface area contributed by atoms with E-state index in [9.17, 15) is 0 Å². The van der Waals surface area contributed by atoms with E-state index in [0.717, 1.165) is 6.54 Å². The number of benzene rings is 1. The van der Waals surface area contributed by atoms with Gasteiger partial charge in [0.05, 0.1) is 0 Å². The maximum atomic E-state index is 3.18. The second-order valence-corrected chi connectivity index (χ2v) is 3.33. The minimum absolute atomic E-state index is 0.989. The van der Waals surface area contributed by atoms with Crippen molar-refractivity contribution in [2.45, 2.75) is 6.54 Å². The molecule has 1 aliphatic rings. The van der Waals surface area contributed by atoms with Gasteiger partial charge in [0.2, 0.25) is 0 Å². The molecule has 2 heteroatoms. The molecule has 0 unspecified atom stereocenters. The molecular formula is C11H14N2. The van der Waals surface area contributed by atoms with Crippen molar-refractivity contribution in [1.82, 2.24) is 10.2 Å². The average molecular weight is 174 g/mol. The Hall–Kier alpha value is -1.44. The summed E-state index contributed by atoms with van der Waals surface area (Å²) in [6.07, 6.45) is 2.18. The Morgan fingerprint density at radius 1 is 1.31 bits per heavy atom. The van der Waals surface area contributed by atoms with E-state index >= 15 is 0 Å². The third-order valence-corrected chi connectivity index (χ3v) is 2.42. The van der Waals surface area contributed by atoms with Crippen molar-refractivity contribution in [3.05, 3.63) is 41.2 Å². The van der Waals surface area contributed by atoms with Crippen LogP contribution < -0.4 is 5.32 Å². The quantitative estimate of drug-likeness (QED) is 0.696. The zero-order valence-electron chi connectivity index (χ0n) is 8.04. The molecule has 0 aromatic heterocycles. The summed E-state index contributed by atoms with van der Waals surface area (Å²) in [5.74, 6) is 1.18. The van der Waals surface area contributed by atoms with Crippen molar-refractivity contribution in [2.24, 2.45) is 0 Å². The zero-order chi connectivity index (χ0) is 9.26. The molecule has 68 valence electrons. The lowest BCUT2D eigenvalue weighted by atomic mass is 10.0. The van der Waals surface area contributed by atoms with Crippen LogP contribution >= 0.6 is 0 Å². The lowest BCUT2D eigenvalue weighted by Gasteiger charge is -2.27. The molecule has 1 N–H and O–H groups in total. The second kappa shape index (κ2) is 3.13. The number of nitrogens with zero attached hydrogens (tertiary/aromatic N) is 1. The topological polar surface area (TPSA) is 15.3 Å². The molecule has 0 amide bonds. The highest BCUT2D eigenvalue weighted by Crippen LogP contribution is 2.21. The van der Waals surface area contributed by atoms with E-state index in [4.69, 9.17) is 0 Å². The van der Waals surface area contributed by atoms with Crippen LogP contribution in [0.5, 0.6) is 0 Å². The van der Waals surface area contributed by atoms with Gasteiger partial charge in [0.15, 0.2) is 0 Å². The number of hydrogen-bond donors (Lipinski definition) is 1. The highest BCUT2D eigenvalue weighted by atomic mass is 15.2. The Bertz CT molecular complexity index is 342. The highest BCUT2D eigenvalue weighted by Gasteiger charge is 2.12. The molecule has 0 saturated heterocycles. The van der Waals surface area contributed by atoms with Gasteiger partial charge < -0.3 is 10.2 Å². The minimum Gasteiger partial charge on any atom is -0.375 e. The Morgan fingerprint density at radius 3 is 2.85 bits per heavy atom. The molecule has 2 nitrogen and oxygen atoms in total. The van der Waals surface area contributed by atoms with Crippen LogP contribution in [0.3, 0.4) is 0 Å². The van der Waals surface area contributed by atoms with Gasteiger partial charge in [-0.1, -0.05) is 24.3 Å². The summed E-state index contributed by atoms with van der Waals surface area (Å²) in [5, 5.41) is 3.18. The number of fused-ring (bicyclic) bond motifs is 1. The molecule has 0 saturated carbocycles. The van der Waals surface area contributed by atoms with Gasteiger partial charge in [0.25, 0.3) is 0 Å². The Labute approximate surface area is 78.9 Å². The van der Waals surface area contributed by atoms with Crippen LogP contribution in [-0.4, -0.2) is 19.0 Å². The van der Waals surface area contributed by atoms with Crippen molar-refractivity contribution in [3.8, 4) is 0 Å². The van der Waals surface area contributed by atoms with Crippen LogP contribution in [-0.2, 0) is 6.54 Å². The van der Waals surface area contributed by atoms with Crippen molar-refractivity contribution in [2.75, 3.05) is 14.1 Å². The fraction of sp³-hybridized carbons (Fsp3) is 0.273. The molecule has 0 radical (unpaired) electrons. The van der Waals surface area contributed by atoms with Crippen LogP contribution in [0.1, 0.15) is 11.1 Å². The molecule has 1 aliphatic heterocycles. The van der Waals surface area contributed by atoms with Gasteiger partial charge >= 0.3 is 0 Å². The molecule has 1 aromatic carbocycles. The van der Waals surface area contributed by atoms with Crippen LogP contribution in [0, 0.1) is 0 Å². The van der Waals surface area contributed by atoms with E-state index in [1.54, 1.807) is 0 Å². The first-order valence-corrected chi connectivity index (χ1v) is 4.50. The lowest BCUT2D eigenvalue weighted by Crippen LogP contribution is -2.28. The first-order chi connectivity index (χ1) is 6.31. The van der Waals surface area contributed by atoms with Gasteiger partial charge in [0, 0.05) is 20.6 Å². The van der Waals surface area contributed by atoms with Gasteiger partial charge in [-0.2, -0.15) is 0 Å². The molecular weight excluding hydrogens is 160 g/mol. The van der Waals surface area contributed by atoms with Crippen LogP contribution in [0.25, 0.3) is 6.08 Å². The summed E-state index contributed by atoms with van der Waals surface area (Å²) >= 11 is 0. The largest absolute Gasteiger partial charge is 0.375 e. The molecule has 2 rings (SSSR count). The molecule has 0 bridgehead atoms. The van der Waals surface area contributed by atoms with Crippen molar-refractivity contribution in [3.63, 3.8) is 0 Å². The summed E-state index contributed by atoms with van der Waals surface area (Å²) in [6, 6.07) is 8.49. The molecule has 0 atom stereocenters. The molecule has 0 fully saturated rings. The second-order valence-electron chi connectivity index (χ2n) is 3.33. The fourth-order valence-corrected chi connectivity index (χ4v) is 1.68. The third kappa shape index (κ3) is 1.39. The molecule has 0 spiro atoms. The van der Waals surface area contributed by atoms with Crippen LogP contribution in [0.2, 0.25) is 0 Å². The summed E-state index contributed by atoms with van der Waals surface area (Å²) in [5.41, 5.74) is 2.72. The first-order valence-electron chi connectivity index (χ1n) is 4.50. The van der Waals surface area contributed by atoms with Crippen LogP contribution in [0.15, 0.2) is 30.1 Å². The van der Waals surface area contributed by atoms with E-state index in [-0.39, 0.29) is 0 Å². The Kier molecular flexibility index (Phi) is 1.97. The number of nitrogens with one attached hydrogen (secondary N) is 1. The highest BCUT2D eigenvalue weighted by molar-refractivity contribution is 5.58. The van der Waals surface area contributed by atoms with E-state index < -0.39 is 0 Å². The van der Waals surface area contributed by atoms with Crippen LogP contribution in [0.4, 0.5) is 0 Å². The molecule has 0 aliphatic carbocycles. The van der Waals surface area contributed by atoms with Gasteiger partial charge in [-0.05, 0) is 17.2 Å². The van der Waals surface area contributed by atoms with Gasteiger partial charge in [0.1, 0.15) is 5.82 Å². The maximum Gasteiger partial charge on any atom is 0.102 e. The third-order valence-electron chi connectivity index (χ3n) is 2.42.